The highest BCUT2D eigenvalue weighted by Crippen LogP contribution is 2.34. The van der Waals surface area contributed by atoms with Gasteiger partial charge in [0.1, 0.15) is 11.6 Å². The molecule has 10 heteroatoms. The van der Waals surface area contributed by atoms with Gasteiger partial charge >= 0.3 is 0 Å². The molecule has 8 rings (SSSR count). The minimum Gasteiger partial charge on any atom is -0.376 e. The summed E-state index contributed by atoms with van der Waals surface area (Å²) in [4.78, 5) is 28.6. The van der Waals surface area contributed by atoms with Crippen molar-refractivity contribution in [3.05, 3.63) is 36.8 Å². The number of nitrogens with one attached hydrogen (secondary N) is 2. The number of carbonyl (C=O) groups excluding carboxylic acids is 1. The van der Waals surface area contributed by atoms with E-state index in [9.17, 15) is 4.79 Å². The van der Waals surface area contributed by atoms with E-state index >= 15 is 0 Å². The van der Waals surface area contributed by atoms with Crippen molar-refractivity contribution in [3.8, 4) is 11.4 Å². The Bertz CT molecular complexity index is 1460. The first kappa shape index (κ1) is 21.5. The number of nitrogens with zero attached hydrogens (tertiary/aromatic N) is 6. The number of aromatic nitrogens is 5. The van der Waals surface area contributed by atoms with Crippen molar-refractivity contribution in [2.75, 3.05) is 42.3 Å². The SMILES string of the molecule is CNc1ncc(-c2nc3ccc(N4CC5CCC(C4)OC5)cn3n2)c2cc(NC(=O)C3CC3)ncc12. The predicted molar refractivity (Wildman–Crippen MR) is 137 cm³/mol. The van der Waals surface area contributed by atoms with Crippen LogP contribution in [0.2, 0.25) is 0 Å². The van der Waals surface area contributed by atoms with Crippen LogP contribution in [0.3, 0.4) is 0 Å². The van der Waals surface area contributed by atoms with Crippen LogP contribution < -0.4 is 15.5 Å². The van der Waals surface area contributed by atoms with Crippen LogP contribution in [-0.2, 0) is 9.53 Å². The zero-order valence-electron chi connectivity index (χ0n) is 20.1. The number of amides is 1. The third-order valence-corrected chi connectivity index (χ3v) is 7.50. The maximum Gasteiger partial charge on any atom is 0.228 e. The summed E-state index contributed by atoms with van der Waals surface area (Å²) in [6.07, 6.45) is 10.1. The lowest BCUT2D eigenvalue weighted by molar-refractivity contribution is -0.117. The van der Waals surface area contributed by atoms with E-state index in [1.807, 2.05) is 23.7 Å². The third kappa shape index (κ3) is 3.81. The van der Waals surface area contributed by atoms with E-state index in [4.69, 9.17) is 14.8 Å². The molecule has 0 radical (unpaired) electrons. The van der Waals surface area contributed by atoms with Gasteiger partial charge in [-0.25, -0.2) is 19.5 Å². The highest BCUT2D eigenvalue weighted by molar-refractivity contribution is 6.03. The number of anilines is 3. The van der Waals surface area contributed by atoms with E-state index in [0.29, 0.717) is 29.5 Å². The van der Waals surface area contributed by atoms with Gasteiger partial charge in [0, 0.05) is 54.8 Å². The van der Waals surface area contributed by atoms with Gasteiger partial charge < -0.3 is 20.3 Å². The van der Waals surface area contributed by atoms with E-state index in [0.717, 1.165) is 66.6 Å². The van der Waals surface area contributed by atoms with Crippen LogP contribution in [0.4, 0.5) is 17.3 Å². The highest BCUT2D eigenvalue weighted by Gasteiger charge is 2.31. The first-order valence-corrected chi connectivity index (χ1v) is 12.7. The Morgan fingerprint density at radius 1 is 1.08 bits per heavy atom. The Kier molecular flexibility index (Phi) is 5.02. The minimum absolute atomic E-state index is 0.0250. The molecule has 4 aromatic heterocycles. The van der Waals surface area contributed by atoms with Gasteiger partial charge in [0.25, 0.3) is 0 Å². The summed E-state index contributed by atoms with van der Waals surface area (Å²) in [5.41, 5.74) is 2.69. The maximum atomic E-state index is 12.3. The third-order valence-electron chi connectivity index (χ3n) is 7.50. The number of carbonyl (C=O) groups is 1. The average Bonchev–Trinajstić information content (AvgIpc) is 3.72. The number of hydrogen-bond acceptors (Lipinski definition) is 8. The van der Waals surface area contributed by atoms with E-state index < -0.39 is 0 Å². The second kappa shape index (κ2) is 8.41. The molecule has 1 aliphatic carbocycles. The molecule has 0 spiro atoms. The van der Waals surface area contributed by atoms with Crippen LogP contribution in [0.25, 0.3) is 27.8 Å². The number of fused-ring (bicyclic) bond motifs is 6. The molecule has 4 aromatic rings. The Hall–Kier alpha value is -3.79. The molecule has 0 aromatic carbocycles. The van der Waals surface area contributed by atoms with E-state index in [2.05, 4.69) is 37.8 Å². The molecule has 36 heavy (non-hydrogen) atoms. The summed E-state index contributed by atoms with van der Waals surface area (Å²) in [6, 6.07) is 6.02. The molecular formula is C26H28N8O2. The second-order valence-corrected chi connectivity index (χ2v) is 10.1. The van der Waals surface area contributed by atoms with Gasteiger partial charge in [-0.15, -0.1) is 5.10 Å². The van der Waals surface area contributed by atoms with Crippen molar-refractivity contribution < 1.29 is 9.53 Å². The fraction of sp³-hybridized carbons (Fsp3) is 0.423. The highest BCUT2D eigenvalue weighted by atomic mass is 16.5. The lowest BCUT2D eigenvalue weighted by atomic mass is 10.0. The Morgan fingerprint density at radius 2 is 2.00 bits per heavy atom. The molecule has 2 bridgehead atoms. The Balaban J connectivity index is 1.27. The summed E-state index contributed by atoms with van der Waals surface area (Å²) >= 11 is 0. The van der Waals surface area contributed by atoms with Gasteiger partial charge in [-0.1, -0.05) is 0 Å². The van der Waals surface area contributed by atoms with Crippen molar-refractivity contribution >= 4 is 39.6 Å². The number of pyridine rings is 3. The molecule has 1 saturated carbocycles. The zero-order chi connectivity index (χ0) is 24.2. The number of rotatable bonds is 5. The van der Waals surface area contributed by atoms with E-state index in [1.54, 1.807) is 12.4 Å². The topological polar surface area (TPSA) is 110 Å². The van der Waals surface area contributed by atoms with Crippen LogP contribution in [0.5, 0.6) is 0 Å². The van der Waals surface area contributed by atoms with E-state index in [-0.39, 0.29) is 11.8 Å². The predicted octanol–water partition coefficient (Wildman–Crippen LogP) is 3.34. The lowest BCUT2D eigenvalue weighted by Gasteiger charge is -2.23. The quantitative estimate of drug-likeness (QED) is 0.444. The van der Waals surface area contributed by atoms with Gasteiger partial charge in [-0.3, -0.25) is 4.79 Å². The monoisotopic (exact) mass is 484 g/mol. The van der Waals surface area contributed by atoms with Crippen molar-refractivity contribution in [2.45, 2.75) is 31.8 Å². The maximum absolute atomic E-state index is 12.3. The van der Waals surface area contributed by atoms with Crippen molar-refractivity contribution in [3.63, 3.8) is 0 Å². The fourth-order valence-corrected chi connectivity index (χ4v) is 5.32. The summed E-state index contributed by atoms with van der Waals surface area (Å²) in [5, 5.41) is 12.6. The normalized spacial score (nSPS) is 21.6. The first-order chi connectivity index (χ1) is 17.6. The molecular weight excluding hydrogens is 456 g/mol. The smallest absolute Gasteiger partial charge is 0.228 e. The number of hydrogen-bond donors (Lipinski definition) is 2. The molecule has 2 unspecified atom stereocenters. The molecule has 2 atom stereocenters. The van der Waals surface area contributed by atoms with Crippen molar-refractivity contribution in [1.29, 1.82) is 0 Å². The van der Waals surface area contributed by atoms with Crippen LogP contribution >= 0.6 is 0 Å². The molecule has 7 heterocycles. The molecule has 3 aliphatic heterocycles. The van der Waals surface area contributed by atoms with Gasteiger partial charge in [0.05, 0.1) is 24.6 Å². The average molecular weight is 485 g/mol. The van der Waals surface area contributed by atoms with Crippen molar-refractivity contribution in [1.82, 2.24) is 24.6 Å². The van der Waals surface area contributed by atoms with Crippen LogP contribution in [-0.4, -0.2) is 63.3 Å². The summed E-state index contributed by atoms with van der Waals surface area (Å²) < 4.78 is 7.83. The molecule has 4 aliphatic rings. The van der Waals surface area contributed by atoms with Crippen molar-refractivity contribution in [2.24, 2.45) is 11.8 Å². The fourth-order valence-electron chi connectivity index (χ4n) is 5.32. The van der Waals surface area contributed by atoms with Gasteiger partial charge in [0.2, 0.25) is 5.91 Å². The molecule has 2 N–H and O–H groups in total. The van der Waals surface area contributed by atoms with Crippen LogP contribution in [0.15, 0.2) is 36.8 Å². The lowest BCUT2D eigenvalue weighted by Crippen LogP contribution is -2.30. The Morgan fingerprint density at radius 3 is 2.81 bits per heavy atom. The largest absolute Gasteiger partial charge is 0.376 e. The number of ether oxygens (including phenoxy) is 1. The zero-order valence-corrected chi connectivity index (χ0v) is 20.1. The molecule has 3 saturated heterocycles. The van der Waals surface area contributed by atoms with Crippen LogP contribution in [0.1, 0.15) is 25.7 Å². The summed E-state index contributed by atoms with van der Waals surface area (Å²) in [6.45, 7) is 2.77. The summed E-state index contributed by atoms with van der Waals surface area (Å²) in [5.74, 6) is 2.53. The standard InChI is InChI=1S/C26H28N8O2/c1-27-24-20-9-28-22(30-26(35)16-3-4-16)8-19(20)21(10-29-24)25-31-23-7-5-17(12-34(23)32-25)33-11-15-2-6-18(13-33)36-14-15/h5,7-10,12,15-16,18H,2-4,6,11,13-14H2,1H3,(H,27,29)(H,28,30,35). The van der Waals surface area contributed by atoms with E-state index in [1.165, 1.54) is 6.42 Å². The summed E-state index contributed by atoms with van der Waals surface area (Å²) in [7, 11) is 1.83. The molecule has 1 amide bonds. The van der Waals surface area contributed by atoms with Gasteiger partial charge in [-0.2, -0.15) is 0 Å². The van der Waals surface area contributed by atoms with Gasteiger partial charge in [0.15, 0.2) is 11.5 Å². The Labute approximate surface area is 208 Å². The van der Waals surface area contributed by atoms with Gasteiger partial charge in [-0.05, 0) is 49.8 Å². The molecule has 10 nitrogen and oxygen atoms in total. The minimum atomic E-state index is 0.0250. The first-order valence-electron chi connectivity index (χ1n) is 12.7. The molecule has 184 valence electrons. The van der Waals surface area contributed by atoms with Crippen LogP contribution in [0, 0.1) is 11.8 Å². The molecule has 4 fully saturated rings. The second-order valence-electron chi connectivity index (χ2n) is 10.1.